The topological polar surface area (TPSA) is 12.5 Å². The SMILES string of the molecule is CCCC(CBr)CN1CCC(C)C(OC)C1. The molecule has 16 heavy (non-hydrogen) atoms. The molecule has 1 fully saturated rings. The summed E-state index contributed by atoms with van der Waals surface area (Å²) in [6.07, 6.45) is 4.33. The van der Waals surface area contributed by atoms with Crippen molar-refractivity contribution in [3.63, 3.8) is 0 Å². The molecule has 1 aliphatic heterocycles. The van der Waals surface area contributed by atoms with Crippen LogP contribution in [0.4, 0.5) is 0 Å². The molecule has 0 aliphatic carbocycles. The van der Waals surface area contributed by atoms with Gasteiger partial charge >= 0.3 is 0 Å². The molecular formula is C13H26BrNO. The molecule has 3 heteroatoms. The van der Waals surface area contributed by atoms with Crippen LogP contribution in [0, 0.1) is 11.8 Å². The van der Waals surface area contributed by atoms with Crippen LogP contribution in [0.1, 0.15) is 33.1 Å². The average molecular weight is 292 g/mol. The van der Waals surface area contributed by atoms with Crippen molar-refractivity contribution in [3.05, 3.63) is 0 Å². The first-order chi connectivity index (χ1) is 7.71. The molecule has 2 nitrogen and oxygen atoms in total. The number of methoxy groups -OCH3 is 1. The zero-order valence-corrected chi connectivity index (χ0v) is 12.5. The van der Waals surface area contributed by atoms with Crippen molar-refractivity contribution in [1.29, 1.82) is 0 Å². The maximum Gasteiger partial charge on any atom is 0.0724 e. The summed E-state index contributed by atoms with van der Waals surface area (Å²) in [6.45, 7) is 8.16. The number of hydrogen-bond donors (Lipinski definition) is 0. The van der Waals surface area contributed by atoms with E-state index in [9.17, 15) is 0 Å². The van der Waals surface area contributed by atoms with E-state index < -0.39 is 0 Å². The largest absolute Gasteiger partial charge is 0.380 e. The Bertz CT molecular complexity index is 189. The number of piperidine rings is 1. The Balaban J connectivity index is 2.36. The number of ether oxygens (including phenoxy) is 1. The van der Waals surface area contributed by atoms with Gasteiger partial charge in [-0.25, -0.2) is 0 Å². The molecule has 0 aromatic rings. The Labute approximate surface area is 109 Å². The van der Waals surface area contributed by atoms with Crippen LogP contribution in [0.3, 0.4) is 0 Å². The molecule has 96 valence electrons. The maximum atomic E-state index is 5.56. The number of alkyl halides is 1. The van der Waals surface area contributed by atoms with Crippen LogP contribution in [-0.4, -0.2) is 43.1 Å². The first kappa shape index (κ1) is 14.5. The Morgan fingerprint density at radius 2 is 2.25 bits per heavy atom. The van der Waals surface area contributed by atoms with Gasteiger partial charge in [-0.15, -0.1) is 0 Å². The van der Waals surface area contributed by atoms with Gasteiger partial charge in [0, 0.05) is 25.5 Å². The Morgan fingerprint density at radius 1 is 1.50 bits per heavy atom. The Kier molecular flexibility index (Phi) is 6.94. The van der Waals surface area contributed by atoms with E-state index in [0.29, 0.717) is 6.10 Å². The van der Waals surface area contributed by atoms with Gasteiger partial charge in [0.2, 0.25) is 0 Å². The average Bonchev–Trinajstić information content (AvgIpc) is 2.30. The fourth-order valence-electron chi connectivity index (χ4n) is 2.56. The molecule has 1 saturated heterocycles. The van der Waals surface area contributed by atoms with Gasteiger partial charge in [-0.1, -0.05) is 36.2 Å². The molecule has 3 atom stereocenters. The summed E-state index contributed by atoms with van der Waals surface area (Å²) >= 11 is 3.63. The van der Waals surface area contributed by atoms with Crippen molar-refractivity contribution >= 4 is 15.9 Å². The molecule has 0 bridgehead atoms. The second-order valence-corrected chi connectivity index (χ2v) is 5.76. The minimum absolute atomic E-state index is 0.436. The molecule has 0 N–H and O–H groups in total. The van der Waals surface area contributed by atoms with E-state index in [1.54, 1.807) is 0 Å². The van der Waals surface area contributed by atoms with E-state index in [1.165, 1.54) is 32.4 Å². The van der Waals surface area contributed by atoms with E-state index in [2.05, 4.69) is 34.7 Å². The summed E-state index contributed by atoms with van der Waals surface area (Å²) in [4.78, 5) is 2.58. The van der Waals surface area contributed by atoms with Crippen molar-refractivity contribution in [2.45, 2.75) is 39.2 Å². The molecule has 1 rings (SSSR count). The van der Waals surface area contributed by atoms with Gasteiger partial charge in [0.25, 0.3) is 0 Å². The van der Waals surface area contributed by atoms with E-state index in [4.69, 9.17) is 4.74 Å². The maximum absolute atomic E-state index is 5.56. The van der Waals surface area contributed by atoms with Crippen LogP contribution in [0.2, 0.25) is 0 Å². The smallest absolute Gasteiger partial charge is 0.0724 e. The molecule has 3 unspecified atom stereocenters. The molecule has 1 aliphatic rings. The zero-order chi connectivity index (χ0) is 12.0. The van der Waals surface area contributed by atoms with Crippen LogP contribution in [0.25, 0.3) is 0 Å². The van der Waals surface area contributed by atoms with Crippen molar-refractivity contribution in [1.82, 2.24) is 4.90 Å². The summed E-state index contributed by atoms with van der Waals surface area (Å²) in [7, 11) is 1.85. The molecule has 1 heterocycles. The summed E-state index contributed by atoms with van der Waals surface area (Å²) in [6, 6.07) is 0. The van der Waals surface area contributed by atoms with E-state index in [1.807, 2.05) is 7.11 Å². The fraction of sp³-hybridized carbons (Fsp3) is 1.00. The van der Waals surface area contributed by atoms with Crippen LogP contribution in [0.15, 0.2) is 0 Å². The third kappa shape index (κ3) is 4.34. The molecule has 0 saturated carbocycles. The number of halogens is 1. The number of likely N-dealkylation sites (tertiary alicyclic amines) is 1. The van der Waals surface area contributed by atoms with Gasteiger partial charge in [-0.3, -0.25) is 0 Å². The molecule has 0 amide bonds. The van der Waals surface area contributed by atoms with E-state index in [0.717, 1.165) is 23.7 Å². The zero-order valence-electron chi connectivity index (χ0n) is 10.9. The predicted molar refractivity (Wildman–Crippen MR) is 73.2 cm³/mol. The quantitative estimate of drug-likeness (QED) is 0.697. The van der Waals surface area contributed by atoms with Gasteiger partial charge in [0.15, 0.2) is 0 Å². The highest BCUT2D eigenvalue weighted by molar-refractivity contribution is 9.09. The summed E-state index contributed by atoms with van der Waals surface area (Å²) < 4.78 is 5.56. The number of hydrogen-bond acceptors (Lipinski definition) is 2. The van der Waals surface area contributed by atoms with Crippen LogP contribution < -0.4 is 0 Å². The highest BCUT2D eigenvalue weighted by Crippen LogP contribution is 2.21. The highest BCUT2D eigenvalue weighted by atomic mass is 79.9. The third-order valence-electron chi connectivity index (χ3n) is 3.71. The highest BCUT2D eigenvalue weighted by Gasteiger charge is 2.26. The van der Waals surface area contributed by atoms with Crippen LogP contribution in [-0.2, 0) is 4.74 Å². The van der Waals surface area contributed by atoms with Crippen molar-refractivity contribution < 1.29 is 4.74 Å². The van der Waals surface area contributed by atoms with Gasteiger partial charge in [-0.05, 0) is 31.2 Å². The standard InChI is InChI=1S/C13H26BrNO/c1-4-5-12(8-14)9-15-7-6-11(2)13(10-15)16-3/h11-13H,4-10H2,1-3H3. The lowest BCUT2D eigenvalue weighted by atomic mass is 9.94. The van der Waals surface area contributed by atoms with Gasteiger partial charge in [-0.2, -0.15) is 0 Å². The molecule has 0 spiro atoms. The lowest BCUT2D eigenvalue weighted by molar-refractivity contribution is -0.00865. The fourth-order valence-corrected chi connectivity index (χ4v) is 3.09. The molecule has 0 aromatic carbocycles. The van der Waals surface area contributed by atoms with Crippen LogP contribution in [0.5, 0.6) is 0 Å². The molecule has 0 aromatic heterocycles. The van der Waals surface area contributed by atoms with Gasteiger partial charge < -0.3 is 9.64 Å². The minimum Gasteiger partial charge on any atom is -0.380 e. The summed E-state index contributed by atoms with van der Waals surface area (Å²) in [5.74, 6) is 1.52. The summed E-state index contributed by atoms with van der Waals surface area (Å²) in [5, 5.41) is 1.13. The monoisotopic (exact) mass is 291 g/mol. The lowest BCUT2D eigenvalue weighted by Crippen LogP contribution is -2.45. The normalized spacial score (nSPS) is 29.2. The Hall–Kier alpha value is 0.400. The third-order valence-corrected chi connectivity index (χ3v) is 4.62. The second-order valence-electron chi connectivity index (χ2n) is 5.11. The van der Waals surface area contributed by atoms with Crippen molar-refractivity contribution in [2.75, 3.05) is 32.1 Å². The predicted octanol–water partition coefficient (Wildman–Crippen LogP) is 3.15. The van der Waals surface area contributed by atoms with Crippen molar-refractivity contribution in [3.8, 4) is 0 Å². The Morgan fingerprint density at radius 3 is 2.81 bits per heavy atom. The van der Waals surface area contributed by atoms with Crippen LogP contribution >= 0.6 is 15.9 Å². The summed E-state index contributed by atoms with van der Waals surface area (Å²) in [5.41, 5.74) is 0. The van der Waals surface area contributed by atoms with Crippen molar-refractivity contribution in [2.24, 2.45) is 11.8 Å². The lowest BCUT2D eigenvalue weighted by Gasteiger charge is -2.37. The minimum atomic E-state index is 0.436. The van der Waals surface area contributed by atoms with E-state index >= 15 is 0 Å². The molecule has 0 radical (unpaired) electrons. The second kappa shape index (κ2) is 7.67. The van der Waals surface area contributed by atoms with E-state index in [-0.39, 0.29) is 0 Å². The van der Waals surface area contributed by atoms with Gasteiger partial charge in [0.1, 0.15) is 0 Å². The first-order valence-corrected chi connectivity index (χ1v) is 7.64. The van der Waals surface area contributed by atoms with Gasteiger partial charge in [0.05, 0.1) is 6.10 Å². The molecular weight excluding hydrogens is 266 g/mol. The number of nitrogens with zero attached hydrogens (tertiary/aromatic N) is 1. The number of rotatable bonds is 6. The first-order valence-electron chi connectivity index (χ1n) is 6.52.